The molecule has 0 saturated heterocycles. The summed E-state index contributed by atoms with van der Waals surface area (Å²) in [4.78, 5) is 0. The largest absolute Gasteiger partial charge is 0.412 e. The molecule has 0 aromatic heterocycles. The summed E-state index contributed by atoms with van der Waals surface area (Å²) in [5.74, 6) is 0. The smallest absolute Gasteiger partial charge is 0.394 e. The van der Waals surface area contributed by atoms with Gasteiger partial charge < -0.3 is 11.6 Å². The van der Waals surface area contributed by atoms with Crippen LogP contribution in [0.5, 0.6) is 0 Å². The van der Waals surface area contributed by atoms with Crippen LogP contribution in [0.15, 0.2) is 0 Å². The van der Waals surface area contributed by atoms with Gasteiger partial charge in [-0.3, -0.25) is 9.11 Å². The van der Waals surface area contributed by atoms with Crippen molar-refractivity contribution in [1.29, 1.82) is 0 Å². The van der Waals surface area contributed by atoms with Gasteiger partial charge in [-0.2, -0.15) is 8.42 Å². The maximum Gasteiger partial charge on any atom is 0.394 e. The van der Waals surface area contributed by atoms with Crippen molar-refractivity contribution in [2.24, 2.45) is 0 Å². The standard InChI is InChI=1S/H3N.H2O4S.H2O.Zn/c;1-5(2,3)4;;/h1H3;(H2,1,2,3,4);1H2;. The zero-order valence-corrected chi connectivity index (χ0v) is 7.82. The predicted molar refractivity (Wildman–Crippen MR) is 22.8 cm³/mol. The summed E-state index contributed by atoms with van der Waals surface area (Å²) in [5.41, 5.74) is 0. The summed E-state index contributed by atoms with van der Waals surface area (Å²) in [5, 5.41) is 0. The minimum Gasteiger partial charge on any atom is -0.412 e. The molecule has 0 radical (unpaired) electrons. The van der Waals surface area contributed by atoms with Crippen LogP contribution < -0.4 is 6.15 Å². The maximum absolute atomic E-state index is 8.74. The summed E-state index contributed by atoms with van der Waals surface area (Å²) in [6.45, 7) is 0. The second kappa shape index (κ2) is 7.41. The van der Waals surface area contributed by atoms with Crippen LogP contribution in [0, 0.1) is 0 Å². The predicted octanol–water partition coefficient (Wildman–Crippen LogP) is -1.32. The number of rotatable bonds is 0. The quantitative estimate of drug-likeness (QED) is 0.327. The van der Waals surface area contributed by atoms with Crippen molar-refractivity contribution in [3.8, 4) is 0 Å². The summed E-state index contributed by atoms with van der Waals surface area (Å²) in [7, 11) is -4.67. The van der Waals surface area contributed by atoms with Crippen LogP contribution in [0.2, 0.25) is 0 Å². The monoisotopic (exact) mass is 197 g/mol. The van der Waals surface area contributed by atoms with Gasteiger partial charge in [0.05, 0.1) is 0 Å². The molecule has 7 N–H and O–H groups in total. The molecule has 0 aromatic rings. The van der Waals surface area contributed by atoms with Crippen molar-refractivity contribution in [2.75, 3.05) is 0 Å². The number of hydrogen-bond acceptors (Lipinski definition) is 3. The zero-order chi connectivity index (χ0) is 4.50. The van der Waals surface area contributed by atoms with E-state index in [2.05, 4.69) is 0 Å². The molecule has 0 aliphatic carbocycles. The first-order valence-electron chi connectivity index (χ1n) is 0.698. The van der Waals surface area contributed by atoms with Gasteiger partial charge in [0.1, 0.15) is 0 Å². The van der Waals surface area contributed by atoms with Crippen molar-refractivity contribution >= 4 is 10.4 Å². The molecule has 0 heterocycles. The van der Waals surface area contributed by atoms with Gasteiger partial charge in [0, 0.05) is 19.5 Å². The molecule has 0 unspecified atom stereocenters. The SMILES string of the molecule is N.O.O=S(=O)(O)O.[Zn]. The Balaban J connectivity index is -0.0000000267. The van der Waals surface area contributed by atoms with Gasteiger partial charge in [-0.15, -0.1) is 0 Å². The van der Waals surface area contributed by atoms with E-state index in [0.29, 0.717) is 0 Å². The summed E-state index contributed by atoms with van der Waals surface area (Å²) >= 11 is 0. The van der Waals surface area contributed by atoms with Gasteiger partial charge >= 0.3 is 10.4 Å². The van der Waals surface area contributed by atoms with Crippen molar-refractivity contribution in [1.82, 2.24) is 6.15 Å². The molecule has 0 aliphatic heterocycles. The zero-order valence-electron chi connectivity index (χ0n) is 4.03. The molecule has 0 amide bonds. The summed E-state index contributed by atoms with van der Waals surface area (Å²) < 4.78 is 31.6. The van der Waals surface area contributed by atoms with Crippen LogP contribution in [0.1, 0.15) is 0 Å². The minimum absolute atomic E-state index is 0. The van der Waals surface area contributed by atoms with E-state index in [1.807, 2.05) is 0 Å². The van der Waals surface area contributed by atoms with Gasteiger partial charge in [0.2, 0.25) is 0 Å². The molecule has 0 rings (SSSR count). The van der Waals surface area contributed by atoms with Crippen LogP contribution in [-0.4, -0.2) is 23.0 Å². The molecule has 0 aliphatic rings. The summed E-state index contributed by atoms with van der Waals surface area (Å²) in [6.07, 6.45) is 0. The van der Waals surface area contributed by atoms with E-state index in [1.54, 1.807) is 0 Å². The van der Waals surface area contributed by atoms with E-state index in [9.17, 15) is 0 Å². The fraction of sp³-hybridized carbons (Fsp3) is 0. The van der Waals surface area contributed by atoms with Crippen molar-refractivity contribution < 1.29 is 42.5 Å². The van der Waals surface area contributed by atoms with Gasteiger partial charge in [-0.1, -0.05) is 0 Å². The first kappa shape index (κ1) is 23.7. The van der Waals surface area contributed by atoms with E-state index in [4.69, 9.17) is 17.5 Å². The van der Waals surface area contributed by atoms with Gasteiger partial charge in [-0.25, -0.2) is 0 Å². The Morgan fingerprint density at radius 3 is 1.12 bits per heavy atom. The fourth-order valence-electron chi connectivity index (χ4n) is 0. The normalized spacial score (nSPS) is 7.25. The Labute approximate surface area is 59.5 Å². The second-order valence-electron chi connectivity index (χ2n) is 0.448. The van der Waals surface area contributed by atoms with Crippen LogP contribution in [0.3, 0.4) is 0 Å². The van der Waals surface area contributed by atoms with Gasteiger partial charge in [-0.05, 0) is 0 Å². The third-order valence-electron chi connectivity index (χ3n) is 0. The first-order valence-corrected chi connectivity index (χ1v) is 2.10. The van der Waals surface area contributed by atoms with Crippen LogP contribution in [0.4, 0.5) is 0 Å². The molecule has 0 saturated carbocycles. The Hall–Kier alpha value is 0.413. The van der Waals surface area contributed by atoms with Crippen molar-refractivity contribution in [2.45, 2.75) is 0 Å². The average Bonchev–Trinajstić information content (AvgIpc) is 0.722. The molecule has 50 valence electrons. The third kappa shape index (κ3) is 1100. The molecule has 0 atom stereocenters. The molecular formula is H7NO5SZn. The minimum atomic E-state index is -4.67. The Morgan fingerprint density at radius 2 is 1.12 bits per heavy atom. The van der Waals surface area contributed by atoms with E-state index in [0.717, 1.165) is 0 Å². The van der Waals surface area contributed by atoms with E-state index in [-0.39, 0.29) is 31.1 Å². The first-order chi connectivity index (χ1) is 2.00. The molecular weight excluding hydrogens is 191 g/mol. The van der Waals surface area contributed by atoms with E-state index in [1.165, 1.54) is 0 Å². The van der Waals surface area contributed by atoms with Gasteiger partial charge in [0.15, 0.2) is 0 Å². The Bertz CT molecular complexity index is 95.6. The van der Waals surface area contributed by atoms with Crippen LogP contribution >= 0.6 is 0 Å². The van der Waals surface area contributed by atoms with Crippen LogP contribution in [-0.2, 0) is 29.9 Å². The Kier molecular flexibility index (Phi) is 22.0. The fourth-order valence-corrected chi connectivity index (χ4v) is 0. The van der Waals surface area contributed by atoms with E-state index < -0.39 is 10.4 Å². The number of hydrogen-bond donors (Lipinski definition) is 3. The molecule has 0 aromatic carbocycles. The molecule has 6 nitrogen and oxygen atoms in total. The average molecular weight is 199 g/mol. The van der Waals surface area contributed by atoms with E-state index >= 15 is 0 Å². The molecule has 8 heteroatoms. The van der Waals surface area contributed by atoms with Crippen molar-refractivity contribution in [3.05, 3.63) is 0 Å². The van der Waals surface area contributed by atoms with Gasteiger partial charge in [0.25, 0.3) is 0 Å². The second-order valence-corrected chi connectivity index (χ2v) is 1.34. The molecule has 0 bridgehead atoms. The maximum atomic E-state index is 8.74. The Morgan fingerprint density at radius 1 is 1.12 bits per heavy atom. The summed E-state index contributed by atoms with van der Waals surface area (Å²) in [6, 6.07) is 0. The molecule has 0 spiro atoms. The topological polar surface area (TPSA) is 141 Å². The molecule has 0 fully saturated rings. The van der Waals surface area contributed by atoms with Crippen molar-refractivity contribution in [3.63, 3.8) is 0 Å². The molecule has 8 heavy (non-hydrogen) atoms. The van der Waals surface area contributed by atoms with Crippen LogP contribution in [0.25, 0.3) is 0 Å². The third-order valence-corrected chi connectivity index (χ3v) is 0.